The molecule has 3 aromatic rings. The van der Waals surface area contributed by atoms with Crippen LogP contribution >= 0.6 is 15.9 Å². The van der Waals surface area contributed by atoms with E-state index in [2.05, 4.69) is 39.4 Å². The second-order valence-electron chi connectivity index (χ2n) is 5.83. The first-order valence-electron chi connectivity index (χ1n) is 8.66. The molecule has 0 aliphatic rings. The molecule has 3 nitrogen and oxygen atoms in total. The minimum absolute atomic E-state index is 0.549. The predicted molar refractivity (Wildman–Crippen MR) is 110 cm³/mol. The highest BCUT2D eigenvalue weighted by molar-refractivity contribution is 9.10. The van der Waals surface area contributed by atoms with Crippen LogP contribution in [0.25, 0.3) is 0 Å². The van der Waals surface area contributed by atoms with Gasteiger partial charge >= 0.3 is 0 Å². The smallest absolute Gasteiger partial charge is 0.124 e. The van der Waals surface area contributed by atoms with Crippen molar-refractivity contribution in [3.63, 3.8) is 0 Å². The summed E-state index contributed by atoms with van der Waals surface area (Å²) in [7, 11) is 0. The van der Waals surface area contributed by atoms with Crippen molar-refractivity contribution in [1.29, 1.82) is 0 Å². The normalized spacial score (nSPS) is 10.4. The molecular formula is C22H22BrNO2. The molecule has 0 aromatic heterocycles. The Kier molecular flexibility index (Phi) is 6.56. The molecule has 0 aliphatic carbocycles. The summed E-state index contributed by atoms with van der Waals surface area (Å²) in [6, 6.07) is 24.3. The summed E-state index contributed by atoms with van der Waals surface area (Å²) in [6.07, 6.45) is 0. The number of hydrogen-bond donors (Lipinski definition) is 1. The first-order chi connectivity index (χ1) is 12.7. The van der Waals surface area contributed by atoms with Gasteiger partial charge in [0.05, 0.1) is 6.61 Å². The third-order valence-electron chi connectivity index (χ3n) is 3.93. The van der Waals surface area contributed by atoms with Gasteiger partial charge in [-0.15, -0.1) is 0 Å². The van der Waals surface area contributed by atoms with Crippen LogP contribution in [-0.4, -0.2) is 6.61 Å². The third kappa shape index (κ3) is 5.27. The maximum absolute atomic E-state index is 6.03. The Bertz CT molecular complexity index is 816. The van der Waals surface area contributed by atoms with Crippen LogP contribution in [0, 0.1) is 0 Å². The minimum Gasteiger partial charge on any atom is -0.494 e. The van der Waals surface area contributed by atoms with Crippen LogP contribution in [0.2, 0.25) is 0 Å². The fourth-order valence-electron chi connectivity index (χ4n) is 2.57. The van der Waals surface area contributed by atoms with Crippen molar-refractivity contribution in [2.75, 3.05) is 11.9 Å². The number of para-hydroxylation sites is 1. The molecule has 0 aliphatic heterocycles. The summed E-state index contributed by atoms with van der Waals surface area (Å²) in [5, 5.41) is 3.43. The second-order valence-corrected chi connectivity index (χ2v) is 6.75. The van der Waals surface area contributed by atoms with E-state index in [9.17, 15) is 0 Å². The van der Waals surface area contributed by atoms with Crippen molar-refractivity contribution < 1.29 is 9.47 Å². The van der Waals surface area contributed by atoms with E-state index in [1.54, 1.807) is 0 Å². The van der Waals surface area contributed by atoms with Gasteiger partial charge in [0, 0.05) is 22.3 Å². The predicted octanol–water partition coefficient (Wildman–Crippen LogP) is 6.04. The highest BCUT2D eigenvalue weighted by Gasteiger charge is 2.04. The molecule has 0 saturated carbocycles. The average Bonchev–Trinajstić information content (AvgIpc) is 2.68. The van der Waals surface area contributed by atoms with E-state index in [1.165, 1.54) is 0 Å². The van der Waals surface area contributed by atoms with Gasteiger partial charge in [-0.05, 0) is 55.0 Å². The topological polar surface area (TPSA) is 30.5 Å². The van der Waals surface area contributed by atoms with Crippen LogP contribution in [0.4, 0.5) is 5.69 Å². The summed E-state index contributed by atoms with van der Waals surface area (Å²) >= 11 is 3.45. The second kappa shape index (κ2) is 9.30. The Morgan fingerprint density at radius 2 is 1.58 bits per heavy atom. The van der Waals surface area contributed by atoms with Crippen molar-refractivity contribution >= 4 is 21.6 Å². The molecule has 134 valence electrons. The maximum atomic E-state index is 6.03. The number of anilines is 1. The number of benzene rings is 3. The minimum atomic E-state index is 0.549. The van der Waals surface area contributed by atoms with Crippen LogP contribution in [0.5, 0.6) is 11.5 Å². The van der Waals surface area contributed by atoms with Gasteiger partial charge in [0.15, 0.2) is 0 Å². The van der Waals surface area contributed by atoms with Crippen LogP contribution < -0.4 is 14.8 Å². The van der Waals surface area contributed by atoms with Crippen LogP contribution in [-0.2, 0) is 13.2 Å². The zero-order valence-corrected chi connectivity index (χ0v) is 16.3. The molecule has 0 atom stereocenters. The number of rotatable bonds is 8. The number of halogens is 1. The molecule has 0 fully saturated rings. The molecule has 0 amide bonds. The fraction of sp³-hybridized carbons (Fsp3) is 0.182. The van der Waals surface area contributed by atoms with E-state index in [4.69, 9.17) is 9.47 Å². The van der Waals surface area contributed by atoms with Crippen molar-refractivity contribution in [1.82, 2.24) is 0 Å². The van der Waals surface area contributed by atoms with Crippen LogP contribution in [0.1, 0.15) is 18.1 Å². The third-order valence-corrected chi connectivity index (χ3v) is 4.46. The molecule has 1 N–H and O–H groups in total. The Morgan fingerprint density at radius 1 is 0.846 bits per heavy atom. The zero-order chi connectivity index (χ0) is 18.2. The number of nitrogens with one attached hydrogen (secondary N) is 1. The van der Waals surface area contributed by atoms with Crippen molar-refractivity contribution in [3.8, 4) is 11.5 Å². The molecule has 0 radical (unpaired) electrons. The first kappa shape index (κ1) is 18.3. The summed E-state index contributed by atoms with van der Waals surface area (Å²) in [5.41, 5.74) is 3.32. The number of hydrogen-bond acceptors (Lipinski definition) is 3. The molecule has 0 unspecified atom stereocenters. The van der Waals surface area contributed by atoms with Crippen LogP contribution in [0.15, 0.2) is 77.3 Å². The summed E-state index contributed by atoms with van der Waals surface area (Å²) in [6.45, 7) is 3.91. The zero-order valence-electron chi connectivity index (χ0n) is 14.7. The van der Waals surface area contributed by atoms with Crippen molar-refractivity contribution in [2.45, 2.75) is 20.1 Å². The summed E-state index contributed by atoms with van der Waals surface area (Å²) in [4.78, 5) is 0. The first-order valence-corrected chi connectivity index (χ1v) is 9.46. The Hall–Kier alpha value is -2.46. The standard InChI is InChI=1S/C22H22BrNO2/c1-2-25-21-13-11-20(12-14-21)24-15-18-5-3-4-6-22(18)26-16-17-7-9-19(23)10-8-17/h3-14,24H,2,15-16H2,1H3. The summed E-state index contributed by atoms with van der Waals surface area (Å²) < 4.78 is 12.6. The molecule has 3 rings (SSSR count). The molecule has 0 saturated heterocycles. The van der Waals surface area contributed by atoms with Gasteiger partial charge in [0.25, 0.3) is 0 Å². The van der Waals surface area contributed by atoms with E-state index in [0.717, 1.165) is 32.8 Å². The van der Waals surface area contributed by atoms with Gasteiger partial charge in [-0.2, -0.15) is 0 Å². The Balaban J connectivity index is 1.60. The lowest BCUT2D eigenvalue weighted by atomic mass is 10.2. The quantitative estimate of drug-likeness (QED) is 0.489. The Morgan fingerprint density at radius 3 is 2.31 bits per heavy atom. The molecule has 3 aromatic carbocycles. The molecule has 26 heavy (non-hydrogen) atoms. The summed E-state index contributed by atoms with van der Waals surface area (Å²) in [5.74, 6) is 1.78. The van der Waals surface area contributed by atoms with Gasteiger partial charge < -0.3 is 14.8 Å². The molecule has 4 heteroatoms. The van der Waals surface area contributed by atoms with E-state index in [1.807, 2.05) is 61.5 Å². The fourth-order valence-corrected chi connectivity index (χ4v) is 2.83. The molecule has 0 bridgehead atoms. The van der Waals surface area contributed by atoms with E-state index in [0.29, 0.717) is 19.8 Å². The maximum Gasteiger partial charge on any atom is 0.124 e. The Labute approximate surface area is 163 Å². The molecule has 0 spiro atoms. The molecule has 0 heterocycles. The van der Waals surface area contributed by atoms with Crippen molar-refractivity contribution in [3.05, 3.63) is 88.4 Å². The van der Waals surface area contributed by atoms with Gasteiger partial charge in [-0.25, -0.2) is 0 Å². The van der Waals surface area contributed by atoms with Gasteiger partial charge in [-0.1, -0.05) is 46.3 Å². The van der Waals surface area contributed by atoms with Gasteiger partial charge in [0.2, 0.25) is 0 Å². The lowest BCUT2D eigenvalue weighted by molar-refractivity contribution is 0.303. The highest BCUT2D eigenvalue weighted by Crippen LogP contribution is 2.22. The average molecular weight is 412 g/mol. The van der Waals surface area contributed by atoms with Crippen molar-refractivity contribution in [2.24, 2.45) is 0 Å². The number of ether oxygens (including phenoxy) is 2. The van der Waals surface area contributed by atoms with E-state index >= 15 is 0 Å². The lowest BCUT2D eigenvalue weighted by Crippen LogP contribution is -2.03. The SMILES string of the molecule is CCOc1ccc(NCc2ccccc2OCc2ccc(Br)cc2)cc1. The van der Waals surface area contributed by atoms with Crippen LogP contribution in [0.3, 0.4) is 0 Å². The van der Waals surface area contributed by atoms with Gasteiger partial charge in [0.1, 0.15) is 18.1 Å². The lowest BCUT2D eigenvalue weighted by Gasteiger charge is -2.13. The van der Waals surface area contributed by atoms with Gasteiger partial charge in [-0.3, -0.25) is 0 Å². The largest absolute Gasteiger partial charge is 0.494 e. The van der Waals surface area contributed by atoms with E-state index in [-0.39, 0.29) is 0 Å². The molecular weight excluding hydrogens is 390 g/mol. The monoisotopic (exact) mass is 411 g/mol. The van der Waals surface area contributed by atoms with E-state index < -0.39 is 0 Å². The highest BCUT2D eigenvalue weighted by atomic mass is 79.9.